The molecule has 2 unspecified atom stereocenters. The van der Waals surface area contributed by atoms with Gasteiger partial charge in [0.05, 0.1) is 0 Å². The highest BCUT2D eigenvalue weighted by molar-refractivity contribution is 4.75. The molecule has 1 aliphatic rings. The van der Waals surface area contributed by atoms with Gasteiger partial charge in [-0.15, -0.1) is 0 Å². The van der Waals surface area contributed by atoms with E-state index in [1.807, 2.05) is 0 Å². The second-order valence-corrected chi connectivity index (χ2v) is 2.63. The summed E-state index contributed by atoms with van der Waals surface area (Å²) >= 11 is 0. The van der Waals surface area contributed by atoms with Crippen molar-refractivity contribution in [2.45, 2.75) is 37.9 Å². The van der Waals surface area contributed by atoms with Gasteiger partial charge in [-0.2, -0.15) is 0 Å². The summed E-state index contributed by atoms with van der Waals surface area (Å²) in [5.74, 6) is 5.15. The Bertz CT molecular complexity index is 87.1. The Morgan fingerprint density at radius 3 is 2.67 bits per heavy atom. The molecule has 1 aliphatic carbocycles. The Balaban J connectivity index is 2.23. The highest BCUT2D eigenvalue weighted by Gasteiger charge is 2.19. The molecule has 3 heteroatoms. The highest BCUT2D eigenvalue weighted by Crippen LogP contribution is 2.19. The lowest BCUT2D eigenvalue weighted by Crippen LogP contribution is -2.39. The predicted molar refractivity (Wildman–Crippen MR) is 34.5 cm³/mol. The van der Waals surface area contributed by atoms with Crippen LogP contribution >= 0.6 is 0 Å². The third-order valence-electron chi connectivity index (χ3n) is 1.85. The third-order valence-corrected chi connectivity index (χ3v) is 1.85. The molecule has 0 aromatic rings. The van der Waals surface area contributed by atoms with Gasteiger partial charge in [-0.3, -0.25) is 11.3 Å². The van der Waals surface area contributed by atoms with Crippen molar-refractivity contribution in [3.63, 3.8) is 0 Å². The van der Waals surface area contributed by atoms with Gasteiger partial charge in [0, 0.05) is 6.04 Å². The molecule has 0 amide bonds. The molecule has 0 aliphatic heterocycles. The number of rotatable bonds is 1. The fraction of sp³-hybridized carbons (Fsp3) is 1.00. The molecule has 54 valence electrons. The molecule has 2 nitrogen and oxygen atoms in total. The molecule has 1 rings (SSSR count). The van der Waals surface area contributed by atoms with Crippen molar-refractivity contribution >= 4 is 0 Å². The first-order valence-electron chi connectivity index (χ1n) is 3.43. The average molecular weight is 132 g/mol. The van der Waals surface area contributed by atoms with Gasteiger partial charge < -0.3 is 0 Å². The topological polar surface area (TPSA) is 38.0 Å². The summed E-state index contributed by atoms with van der Waals surface area (Å²) in [6.07, 6.45) is 2.68. The molecule has 9 heavy (non-hydrogen) atoms. The van der Waals surface area contributed by atoms with Crippen LogP contribution in [0.5, 0.6) is 0 Å². The minimum absolute atomic E-state index is 0.216. The van der Waals surface area contributed by atoms with Gasteiger partial charge in [-0.05, 0) is 25.7 Å². The minimum atomic E-state index is -0.625. The second kappa shape index (κ2) is 3.13. The van der Waals surface area contributed by atoms with Gasteiger partial charge in [0.2, 0.25) is 0 Å². The van der Waals surface area contributed by atoms with E-state index in [4.69, 9.17) is 5.84 Å². The fourth-order valence-electron chi connectivity index (χ4n) is 1.28. The number of hydrazine groups is 1. The molecule has 0 radical (unpaired) electrons. The predicted octanol–water partition coefficient (Wildman–Crippen LogP) is 0.730. The molecule has 2 atom stereocenters. The average Bonchev–Trinajstić information content (AvgIpc) is 1.88. The molecule has 3 N–H and O–H groups in total. The summed E-state index contributed by atoms with van der Waals surface area (Å²) in [5.41, 5.74) is 2.59. The monoisotopic (exact) mass is 132 g/mol. The lowest BCUT2D eigenvalue weighted by Gasteiger charge is -2.23. The standard InChI is InChI=1S/C6H13FN2/c7-5-2-1-3-6(4-5)9-8/h5-6,9H,1-4,8H2. The van der Waals surface area contributed by atoms with Crippen LogP contribution in [-0.2, 0) is 0 Å². The Kier molecular flexibility index (Phi) is 2.42. The summed E-state index contributed by atoms with van der Waals surface area (Å²) in [4.78, 5) is 0. The van der Waals surface area contributed by atoms with Crippen LogP contribution in [0, 0.1) is 0 Å². The zero-order valence-corrected chi connectivity index (χ0v) is 5.44. The molecule has 0 spiro atoms. The number of hydrogen-bond donors (Lipinski definition) is 2. The van der Waals surface area contributed by atoms with E-state index in [9.17, 15) is 4.39 Å². The summed E-state index contributed by atoms with van der Waals surface area (Å²) < 4.78 is 12.5. The number of nitrogens with one attached hydrogen (secondary N) is 1. The minimum Gasteiger partial charge on any atom is -0.271 e. The number of halogens is 1. The number of hydrogen-bond acceptors (Lipinski definition) is 2. The maximum absolute atomic E-state index is 12.5. The smallest absolute Gasteiger partial charge is 0.102 e. The van der Waals surface area contributed by atoms with Crippen molar-refractivity contribution < 1.29 is 4.39 Å². The van der Waals surface area contributed by atoms with E-state index in [2.05, 4.69) is 5.43 Å². The summed E-state index contributed by atoms with van der Waals surface area (Å²) in [5, 5.41) is 0. The van der Waals surface area contributed by atoms with E-state index in [-0.39, 0.29) is 6.04 Å². The van der Waals surface area contributed by atoms with Gasteiger partial charge >= 0.3 is 0 Å². The van der Waals surface area contributed by atoms with E-state index in [1.165, 1.54) is 0 Å². The Morgan fingerprint density at radius 1 is 1.44 bits per heavy atom. The van der Waals surface area contributed by atoms with E-state index in [0.29, 0.717) is 6.42 Å². The Labute approximate surface area is 54.6 Å². The van der Waals surface area contributed by atoms with Gasteiger partial charge in [0.1, 0.15) is 6.17 Å². The van der Waals surface area contributed by atoms with E-state index < -0.39 is 6.17 Å². The van der Waals surface area contributed by atoms with Crippen molar-refractivity contribution in [2.24, 2.45) is 5.84 Å². The molecule has 0 bridgehead atoms. The molecule has 0 heterocycles. The van der Waals surface area contributed by atoms with Crippen LogP contribution in [0.2, 0.25) is 0 Å². The van der Waals surface area contributed by atoms with Crippen LogP contribution in [0.25, 0.3) is 0 Å². The molecule has 0 saturated heterocycles. The van der Waals surface area contributed by atoms with E-state index in [0.717, 1.165) is 19.3 Å². The molecular weight excluding hydrogens is 119 g/mol. The first-order valence-corrected chi connectivity index (χ1v) is 3.43. The Morgan fingerprint density at radius 2 is 2.22 bits per heavy atom. The number of alkyl halides is 1. The van der Waals surface area contributed by atoms with Crippen LogP contribution in [0.4, 0.5) is 4.39 Å². The van der Waals surface area contributed by atoms with Crippen molar-refractivity contribution in [3.05, 3.63) is 0 Å². The molecule has 0 aromatic heterocycles. The van der Waals surface area contributed by atoms with Crippen molar-refractivity contribution in [1.29, 1.82) is 0 Å². The Hall–Kier alpha value is -0.150. The quantitative estimate of drug-likeness (QED) is 0.407. The normalized spacial score (nSPS) is 36.7. The van der Waals surface area contributed by atoms with Crippen molar-refractivity contribution in [3.8, 4) is 0 Å². The van der Waals surface area contributed by atoms with Gasteiger partial charge in [-0.25, -0.2) is 4.39 Å². The van der Waals surface area contributed by atoms with Crippen LogP contribution in [0.1, 0.15) is 25.7 Å². The second-order valence-electron chi connectivity index (χ2n) is 2.63. The molecule has 1 fully saturated rings. The largest absolute Gasteiger partial charge is 0.271 e. The lowest BCUT2D eigenvalue weighted by molar-refractivity contribution is 0.214. The third kappa shape index (κ3) is 1.91. The summed E-state index contributed by atoms with van der Waals surface area (Å²) in [6, 6.07) is 0.216. The van der Waals surface area contributed by atoms with Crippen LogP contribution in [0.3, 0.4) is 0 Å². The van der Waals surface area contributed by atoms with Crippen molar-refractivity contribution in [2.75, 3.05) is 0 Å². The summed E-state index contributed by atoms with van der Waals surface area (Å²) in [7, 11) is 0. The molecule has 0 aromatic carbocycles. The first kappa shape index (κ1) is 6.96. The highest BCUT2D eigenvalue weighted by atomic mass is 19.1. The van der Waals surface area contributed by atoms with Gasteiger partial charge in [0.15, 0.2) is 0 Å². The maximum Gasteiger partial charge on any atom is 0.102 e. The van der Waals surface area contributed by atoms with Crippen molar-refractivity contribution in [1.82, 2.24) is 5.43 Å². The zero-order valence-electron chi connectivity index (χ0n) is 5.44. The maximum atomic E-state index is 12.5. The fourth-order valence-corrected chi connectivity index (χ4v) is 1.28. The van der Waals surface area contributed by atoms with Gasteiger partial charge in [-0.1, -0.05) is 0 Å². The van der Waals surface area contributed by atoms with Crippen LogP contribution in [-0.4, -0.2) is 12.2 Å². The van der Waals surface area contributed by atoms with E-state index >= 15 is 0 Å². The molecular formula is C6H13FN2. The SMILES string of the molecule is NNC1CCCC(F)C1. The lowest BCUT2D eigenvalue weighted by atomic mass is 9.94. The van der Waals surface area contributed by atoms with Crippen LogP contribution < -0.4 is 11.3 Å². The van der Waals surface area contributed by atoms with Crippen LogP contribution in [0.15, 0.2) is 0 Å². The molecule has 1 saturated carbocycles. The van der Waals surface area contributed by atoms with Gasteiger partial charge in [0.25, 0.3) is 0 Å². The summed E-state index contributed by atoms with van der Waals surface area (Å²) in [6.45, 7) is 0. The van der Waals surface area contributed by atoms with E-state index in [1.54, 1.807) is 0 Å². The number of nitrogens with two attached hydrogens (primary N) is 1. The first-order chi connectivity index (χ1) is 4.33. The zero-order chi connectivity index (χ0) is 6.69.